The van der Waals surface area contributed by atoms with E-state index in [4.69, 9.17) is 37.0 Å². The quantitative estimate of drug-likeness (QED) is 0.0222. The van der Waals surface area contributed by atoms with E-state index >= 15 is 0 Å². The molecule has 0 amide bonds. The van der Waals surface area contributed by atoms with Crippen LogP contribution in [0.25, 0.3) is 0 Å². The Morgan fingerprint density at radius 2 is 0.527 bits per heavy atom. The van der Waals surface area contributed by atoms with Crippen LogP contribution in [-0.2, 0) is 65.4 Å². The van der Waals surface area contributed by atoms with Crippen molar-refractivity contribution in [1.82, 2.24) is 0 Å². The van der Waals surface area contributed by atoms with Gasteiger partial charge in [0.2, 0.25) is 0 Å². The lowest BCUT2D eigenvalue weighted by Gasteiger charge is -2.21. The van der Waals surface area contributed by atoms with E-state index in [-0.39, 0.29) is 25.7 Å². The minimum absolute atomic E-state index is 0.104. The number of ether oxygens (including phenoxy) is 4. The zero-order valence-corrected chi connectivity index (χ0v) is 61.3. The molecule has 8 atom stereocenters. The first-order valence-corrected chi connectivity index (χ1v) is 40.3. The van der Waals surface area contributed by atoms with Crippen LogP contribution in [0, 0.1) is 23.7 Å². The summed E-state index contributed by atoms with van der Waals surface area (Å²) in [5, 5.41) is 10.6. The van der Waals surface area contributed by atoms with Crippen molar-refractivity contribution in [1.29, 1.82) is 0 Å². The summed E-state index contributed by atoms with van der Waals surface area (Å²) in [6, 6.07) is 0. The number of rotatable bonds is 69. The third-order valence-electron chi connectivity index (χ3n) is 17.7. The molecule has 0 spiro atoms. The molecule has 0 fully saturated rings. The highest BCUT2D eigenvalue weighted by atomic mass is 31.2. The van der Waals surface area contributed by atoms with E-state index in [1.807, 2.05) is 0 Å². The molecule has 0 aromatic heterocycles. The lowest BCUT2D eigenvalue weighted by atomic mass is 9.99. The number of hydrogen-bond donors (Lipinski definition) is 3. The van der Waals surface area contributed by atoms with Gasteiger partial charge in [-0.1, -0.05) is 306 Å². The Morgan fingerprint density at radius 1 is 0.308 bits per heavy atom. The first-order valence-electron chi connectivity index (χ1n) is 37.3. The Bertz CT molecular complexity index is 1800. The minimum atomic E-state index is -4.95. The number of aliphatic hydroxyl groups excluding tert-OH is 1. The van der Waals surface area contributed by atoms with Gasteiger partial charge in [-0.25, -0.2) is 9.13 Å². The molecule has 0 radical (unpaired) electrons. The molecule has 540 valence electrons. The van der Waals surface area contributed by atoms with E-state index in [0.29, 0.717) is 31.6 Å². The number of hydrogen-bond acceptors (Lipinski definition) is 15. The number of esters is 4. The number of unbranched alkanes of at least 4 members (excludes halogenated alkanes) is 32. The molecular weight excluding hydrogens is 1200 g/mol. The van der Waals surface area contributed by atoms with Crippen LogP contribution in [0.5, 0.6) is 0 Å². The highest BCUT2D eigenvalue weighted by Crippen LogP contribution is 2.45. The van der Waals surface area contributed by atoms with Gasteiger partial charge in [-0.15, -0.1) is 0 Å². The molecule has 91 heavy (non-hydrogen) atoms. The standard InChI is InChI=1S/C72H140O17P2/c1-9-63(6)49-41-33-24-18-16-14-12-13-15-17-19-28-38-46-54-71(76)88-68(59-83-70(75)53-45-37-31-30-32-40-48-62(4)5)61-87-91(80,81)85-57-66(73)56-84-90(78,79)86-60-67(89-72(77)55-47-39-29-23-21-26-35-43-51-65(8)11-3)58-82-69(74)52-44-36-27-22-20-25-34-42-50-64(7)10-2/h62-68,73H,9-61H2,1-8H3,(H,78,79)(H,80,81)/t63?,64?,65?,66-,67-,68-/m1/s1. The van der Waals surface area contributed by atoms with Crippen LogP contribution in [0.2, 0.25) is 0 Å². The van der Waals surface area contributed by atoms with E-state index in [0.717, 1.165) is 114 Å². The molecule has 3 N–H and O–H groups in total. The van der Waals surface area contributed by atoms with Gasteiger partial charge in [-0.2, -0.15) is 0 Å². The van der Waals surface area contributed by atoms with Crippen LogP contribution in [0.15, 0.2) is 0 Å². The molecule has 0 aromatic carbocycles. The molecule has 0 saturated heterocycles. The minimum Gasteiger partial charge on any atom is -0.462 e. The second-order valence-electron chi connectivity index (χ2n) is 27.2. The third-order valence-corrected chi connectivity index (χ3v) is 19.6. The molecule has 0 aliphatic carbocycles. The van der Waals surface area contributed by atoms with Crippen LogP contribution in [0.4, 0.5) is 0 Å². The molecule has 0 rings (SSSR count). The first kappa shape index (κ1) is 89.1. The average Bonchev–Trinajstić information content (AvgIpc) is 3.14. The van der Waals surface area contributed by atoms with Gasteiger partial charge in [0.1, 0.15) is 19.3 Å². The summed E-state index contributed by atoms with van der Waals surface area (Å²) < 4.78 is 68.3. The van der Waals surface area contributed by atoms with Gasteiger partial charge in [0.05, 0.1) is 26.4 Å². The molecule has 0 aliphatic rings. The predicted molar refractivity (Wildman–Crippen MR) is 367 cm³/mol. The smallest absolute Gasteiger partial charge is 0.462 e. The summed E-state index contributed by atoms with van der Waals surface area (Å²) in [6.07, 6.45) is 44.4. The molecule has 0 saturated carbocycles. The fourth-order valence-corrected chi connectivity index (χ4v) is 12.3. The van der Waals surface area contributed by atoms with Crippen molar-refractivity contribution in [2.24, 2.45) is 23.7 Å². The van der Waals surface area contributed by atoms with Crippen molar-refractivity contribution in [3.63, 3.8) is 0 Å². The Hall–Kier alpha value is -1.94. The van der Waals surface area contributed by atoms with Crippen LogP contribution in [0.1, 0.15) is 357 Å². The molecule has 17 nitrogen and oxygen atoms in total. The molecular formula is C72H140O17P2. The fraction of sp³-hybridized carbons (Fsp3) is 0.944. The molecule has 19 heteroatoms. The van der Waals surface area contributed by atoms with Gasteiger partial charge in [0.15, 0.2) is 12.2 Å². The van der Waals surface area contributed by atoms with Crippen molar-refractivity contribution in [2.75, 3.05) is 39.6 Å². The highest BCUT2D eigenvalue weighted by molar-refractivity contribution is 7.47. The van der Waals surface area contributed by atoms with Crippen LogP contribution in [-0.4, -0.2) is 96.7 Å². The highest BCUT2D eigenvalue weighted by Gasteiger charge is 2.30. The second kappa shape index (κ2) is 61.6. The topological polar surface area (TPSA) is 237 Å². The number of phosphoric ester groups is 2. The van der Waals surface area contributed by atoms with Gasteiger partial charge in [-0.3, -0.25) is 37.3 Å². The lowest BCUT2D eigenvalue weighted by molar-refractivity contribution is -0.161. The van der Waals surface area contributed by atoms with Crippen molar-refractivity contribution in [3.8, 4) is 0 Å². The largest absolute Gasteiger partial charge is 0.472 e. The van der Waals surface area contributed by atoms with Gasteiger partial charge in [0.25, 0.3) is 0 Å². The molecule has 0 aliphatic heterocycles. The SMILES string of the molecule is CCC(C)CCCCCCCCCCCCCCCCC(=O)O[C@H](COC(=O)CCCCCCCCC(C)C)COP(=O)(O)OC[C@H](O)COP(=O)(O)OC[C@@H](COC(=O)CCCCCCCCCCC(C)CC)OC(=O)CCCCCCCCCCC(C)CC. The maximum Gasteiger partial charge on any atom is 0.472 e. The van der Waals surface area contributed by atoms with Gasteiger partial charge < -0.3 is 33.8 Å². The molecule has 0 bridgehead atoms. The van der Waals surface area contributed by atoms with Crippen molar-refractivity contribution in [2.45, 2.75) is 375 Å². The summed E-state index contributed by atoms with van der Waals surface area (Å²) in [7, 11) is -9.91. The molecule has 0 heterocycles. The number of phosphoric acid groups is 2. The Morgan fingerprint density at radius 3 is 0.780 bits per heavy atom. The van der Waals surface area contributed by atoms with Crippen molar-refractivity contribution < 1.29 is 80.2 Å². The molecule has 0 aromatic rings. The fourth-order valence-electron chi connectivity index (χ4n) is 10.7. The zero-order chi connectivity index (χ0) is 67.5. The van der Waals surface area contributed by atoms with Gasteiger partial charge in [0, 0.05) is 25.7 Å². The second-order valence-corrected chi connectivity index (χ2v) is 30.1. The normalized spacial score (nSPS) is 15.1. The number of aliphatic hydroxyl groups is 1. The van der Waals surface area contributed by atoms with E-state index in [2.05, 4.69) is 55.4 Å². The van der Waals surface area contributed by atoms with Crippen molar-refractivity contribution >= 4 is 39.5 Å². The summed E-state index contributed by atoms with van der Waals surface area (Å²) in [5.74, 6) is 0.942. The van der Waals surface area contributed by atoms with E-state index < -0.39 is 97.5 Å². The van der Waals surface area contributed by atoms with Gasteiger partial charge >= 0.3 is 39.5 Å². The Kier molecular flexibility index (Phi) is 60.3. The maximum atomic E-state index is 13.0. The number of carbonyl (C=O) groups is 4. The van der Waals surface area contributed by atoms with Crippen molar-refractivity contribution in [3.05, 3.63) is 0 Å². The molecule has 5 unspecified atom stereocenters. The summed E-state index contributed by atoms with van der Waals surface area (Å²) in [6.45, 7) is 14.1. The summed E-state index contributed by atoms with van der Waals surface area (Å²) >= 11 is 0. The Balaban J connectivity index is 5.23. The average molecular weight is 1340 g/mol. The predicted octanol–water partition coefficient (Wildman–Crippen LogP) is 20.5. The van der Waals surface area contributed by atoms with E-state index in [1.54, 1.807) is 0 Å². The van der Waals surface area contributed by atoms with Crippen LogP contribution in [0.3, 0.4) is 0 Å². The van der Waals surface area contributed by atoms with E-state index in [9.17, 15) is 43.2 Å². The first-order chi connectivity index (χ1) is 43.7. The van der Waals surface area contributed by atoms with Crippen LogP contribution < -0.4 is 0 Å². The summed E-state index contributed by atoms with van der Waals surface area (Å²) in [5.41, 5.74) is 0. The zero-order valence-electron chi connectivity index (χ0n) is 59.5. The summed E-state index contributed by atoms with van der Waals surface area (Å²) in [4.78, 5) is 72.6. The van der Waals surface area contributed by atoms with E-state index in [1.165, 1.54) is 154 Å². The lowest BCUT2D eigenvalue weighted by Crippen LogP contribution is -2.30. The third kappa shape index (κ3) is 62.6. The Labute approximate surface area is 556 Å². The maximum absolute atomic E-state index is 13.0. The van der Waals surface area contributed by atoms with Crippen LogP contribution >= 0.6 is 15.6 Å². The number of carbonyl (C=O) groups excluding carboxylic acids is 4. The monoisotopic (exact) mass is 1340 g/mol. The van der Waals surface area contributed by atoms with Gasteiger partial charge in [-0.05, 0) is 49.4 Å².